The quantitative estimate of drug-likeness (QED) is 0.581. The zero-order chi connectivity index (χ0) is 19.2. The van der Waals surface area contributed by atoms with Crippen molar-refractivity contribution in [2.45, 2.75) is 62.5 Å². The summed E-state index contributed by atoms with van der Waals surface area (Å²) < 4.78 is 1.99. The Hall–Kier alpha value is -2.15. The number of pyridine rings is 1. The van der Waals surface area contributed by atoms with Gasteiger partial charge in [0.05, 0.1) is 5.25 Å². The van der Waals surface area contributed by atoms with Crippen molar-refractivity contribution in [2.75, 3.05) is 0 Å². The third-order valence-corrected chi connectivity index (χ3v) is 6.14. The minimum Gasteiger partial charge on any atom is -0.352 e. The number of rotatable bonds is 7. The predicted octanol–water partition coefficient (Wildman–Crippen LogP) is 3.70. The minimum absolute atomic E-state index is 0.0670. The number of hydrogen-bond donors (Lipinski definition) is 1. The highest BCUT2D eigenvalue weighted by atomic mass is 32.2. The van der Waals surface area contributed by atoms with Crippen molar-refractivity contribution in [2.24, 2.45) is 5.92 Å². The fourth-order valence-corrected chi connectivity index (χ4v) is 4.29. The molecule has 3 atom stereocenters. The molecule has 0 saturated heterocycles. The lowest BCUT2D eigenvalue weighted by atomic mass is 9.86. The number of hydrogen-bond acceptors (Lipinski definition) is 5. The van der Waals surface area contributed by atoms with Gasteiger partial charge in [0, 0.05) is 30.5 Å². The second kappa shape index (κ2) is 9.17. The van der Waals surface area contributed by atoms with E-state index in [1.807, 2.05) is 29.7 Å². The van der Waals surface area contributed by atoms with E-state index >= 15 is 0 Å². The Labute approximate surface area is 164 Å². The van der Waals surface area contributed by atoms with Gasteiger partial charge >= 0.3 is 0 Å². The number of aromatic nitrogens is 4. The van der Waals surface area contributed by atoms with Gasteiger partial charge in [-0.1, -0.05) is 37.6 Å². The van der Waals surface area contributed by atoms with Crippen LogP contribution in [0.2, 0.25) is 0 Å². The first-order valence-electron chi connectivity index (χ1n) is 9.51. The smallest absolute Gasteiger partial charge is 0.233 e. The van der Waals surface area contributed by atoms with E-state index in [4.69, 9.17) is 0 Å². The molecule has 0 aliphatic heterocycles. The number of nitrogens with zero attached hydrogens (tertiary/aromatic N) is 4. The van der Waals surface area contributed by atoms with E-state index in [1.54, 1.807) is 12.4 Å². The molecule has 2 heterocycles. The molecule has 144 valence electrons. The van der Waals surface area contributed by atoms with E-state index in [-0.39, 0.29) is 17.2 Å². The SMILES string of the molecule is C=CCn1c(SC(C)C(=O)NC2CCCCC2C)nnc1-c1ccncc1. The second-order valence-corrected chi connectivity index (χ2v) is 8.39. The van der Waals surface area contributed by atoms with Crippen LogP contribution in [0.5, 0.6) is 0 Å². The van der Waals surface area contributed by atoms with Gasteiger partial charge in [0.1, 0.15) is 0 Å². The van der Waals surface area contributed by atoms with Gasteiger partial charge in [-0.25, -0.2) is 0 Å². The second-order valence-electron chi connectivity index (χ2n) is 7.08. The van der Waals surface area contributed by atoms with E-state index in [0.29, 0.717) is 12.5 Å². The van der Waals surface area contributed by atoms with Crippen LogP contribution in [-0.4, -0.2) is 36.9 Å². The van der Waals surface area contributed by atoms with Crippen molar-refractivity contribution in [3.8, 4) is 11.4 Å². The molecule has 2 aromatic rings. The Morgan fingerprint density at radius 3 is 2.81 bits per heavy atom. The van der Waals surface area contributed by atoms with Crippen LogP contribution in [0.1, 0.15) is 39.5 Å². The van der Waals surface area contributed by atoms with E-state index in [2.05, 4.69) is 34.0 Å². The lowest BCUT2D eigenvalue weighted by Gasteiger charge is -2.30. The zero-order valence-electron chi connectivity index (χ0n) is 16.0. The van der Waals surface area contributed by atoms with Crippen molar-refractivity contribution in [3.05, 3.63) is 37.2 Å². The van der Waals surface area contributed by atoms with Gasteiger partial charge in [0.2, 0.25) is 5.91 Å². The van der Waals surface area contributed by atoms with Crippen molar-refractivity contribution >= 4 is 17.7 Å². The number of thioether (sulfide) groups is 1. The summed E-state index contributed by atoms with van der Waals surface area (Å²) in [6, 6.07) is 4.09. The monoisotopic (exact) mass is 385 g/mol. The van der Waals surface area contributed by atoms with Gasteiger partial charge in [-0.3, -0.25) is 14.3 Å². The van der Waals surface area contributed by atoms with Crippen molar-refractivity contribution < 1.29 is 4.79 Å². The van der Waals surface area contributed by atoms with Crippen LogP contribution in [0.15, 0.2) is 42.3 Å². The predicted molar refractivity (Wildman–Crippen MR) is 108 cm³/mol. The normalized spacial score (nSPS) is 20.8. The molecule has 6 nitrogen and oxygen atoms in total. The van der Waals surface area contributed by atoms with Crippen molar-refractivity contribution in [1.29, 1.82) is 0 Å². The Morgan fingerprint density at radius 1 is 1.37 bits per heavy atom. The summed E-state index contributed by atoms with van der Waals surface area (Å²) in [6.45, 7) is 8.57. The first-order valence-corrected chi connectivity index (χ1v) is 10.4. The van der Waals surface area contributed by atoms with Crippen LogP contribution in [0.25, 0.3) is 11.4 Å². The molecule has 1 aliphatic carbocycles. The molecule has 0 radical (unpaired) electrons. The van der Waals surface area contributed by atoms with Gasteiger partial charge in [-0.05, 0) is 37.8 Å². The number of nitrogens with one attached hydrogen (secondary N) is 1. The Kier molecular flexibility index (Phi) is 6.66. The average molecular weight is 386 g/mol. The highest BCUT2D eigenvalue weighted by Crippen LogP contribution is 2.28. The lowest BCUT2D eigenvalue weighted by Crippen LogP contribution is -2.44. The molecule has 1 fully saturated rings. The lowest BCUT2D eigenvalue weighted by molar-refractivity contribution is -0.121. The molecule has 1 aliphatic rings. The Balaban J connectivity index is 1.71. The van der Waals surface area contributed by atoms with Crippen LogP contribution in [0.3, 0.4) is 0 Å². The van der Waals surface area contributed by atoms with E-state index in [9.17, 15) is 4.79 Å². The van der Waals surface area contributed by atoms with Crippen molar-refractivity contribution in [1.82, 2.24) is 25.1 Å². The molecule has 1 N–H and O–H groups in total. The van der Waals surface area contributed by atoms with Gasteiger partial charge in [0.15, 0.2) is 11.0 Å². The highest BCUT2D eigenvalue weighted by Gasteiger charge is 2.26. The summed E-state index contributed by atoms with van der Waals surface area (Å²) in [7, 11) is 0. The average Bonchev–Trinajstić information content (AvgIpc) is 3.07. The minimum atomic E-state index is -0.239. The molecule has 0 bridgehead atoms. The van der Waals surface area contributed by atoms with Gasteiger partial charge in [0.25, 0.3) is 0 Å². The molecule has 3 rings (SSSR count). The van der Waals surface area contributed by atoms with E-state index < -0.39 is 0 Å². The van der Waals surface area contributed by atoms with Crippen LogP contribution >= 0.6 is 11.8 Å². The number of carbonyl (C=O) groups excluding carboxylic acids is 1. The molecular weight excluding hydrogens is 358 g/mol. The summed E-state index contributed by atoms with van der Waals surface area (Å²) in [5.41, 5.74) is 0.944. The van der Waals surface area contributed by atoms with Gasteiger partial charge in [-0.2, -0.15) is 0 Å². The van der Waals surface area contributed by atoms with E-state index in [1.165, 1.54) is 31.0 Å². The molecule has 0 spiro atoms. The topological polar surface area (TPSA) is 72.7 Å². The number of carbonyl (C=O) groups is 1. The molecule has 1 amide bonds. The molecule has 2 aromatic heterocycles. The Bertz CT molecular complexity index is 776. The zero-order valence-corrected chi connectivity index (χ0v) is 16.8. The summed E-state index contributed by atoms with van der Waals surface area (Å²) in [6.07, 6.45) is 10.00. The summed E-state index contributed by atoms with van der Waals surface area (Å²) in [4.78, 5) is 16.7. The number of allylic oxidation sites excluding steroid dienone is 1. The molecule has 0 aromatic carbocycles. The third-order valence-electron chi connectivity index (χ3n) is 5.06. The number of amides is 1. The fourth-order valence-electron chi connectivity index (χ4n) is 3.43. The Morgan fingerprint density at radius 2 is 2.11 bits per heavy atom. The highest BCUT2D eigenvalue weighted by molar-refractivity contribution is 8.00. The first kappa shape index (κ1) is 19.6. The largest absolute Gasteiger partial charge is 0.352 e. The maximum Gasteiger partial charge on any atom is 0.233 e. The first-order chi connectivity index (χ1) is 13.1. The van der Waals surface area contributed by atoms with Gasteiger partial charge < -0.3 is 5.32 Å². The maximum atomic E-state index is 12.7. The van der Waals surface area contributed by atoms with Crippen LogP contribution in [0, 0.1) is 5.92 Å². The summed E-state index contributed by atoms with van der Waals surface area (Å²) >= 11 is 1.44. The van der Waals surface area contributed by atoms with Crippen LogP contribution < -0.4 is 5.32 Å². The van der Waals surface area contributed by atoms with Crippen LogP contribution in [-0.2, 0) is 11.3 Å². The third kappa shape index (κ3) is 4.77. The molecule has 7 heteroatoms. The standard InChI is InChI=1S/C20H27N5OS/c1-4-13-25-18(16-9-11-21-12-10-16)23-24-20(25)27-15(3)19(26)22-17-8-6-5-7-14(17)2/h4,9-12,14-15,17H,1,5-8,13H2,2-3H3,(H,22,26). The summed E-state index contributed by atoms with van der Waals surface area (Å²) in [5, 5.41) is 12.4. The fraction of sp³-hybridized carbons (Fsp3) is 0.500. The molecular formula is C20H27N5OS. The molecule has 1 saturated carbocycles. The van der Waals surface area contributed by atoms with Gasteiger partial charge in [-0.15, -0.1) is 16.8 Å². The maximum absolute atomic E-state index is 12.7. The molecule has 3 unspecified atom stereocenters. The summed E-state index contributed by atoms with van der Waals surface area (Å²) in [5.74, 6) is 1.37. The van der Waals surface area contributed by atoms with Crippen LogP contribution in [0.4, 0.5) is 0 Å². The van der Waals surface area contributed by atoms with E-state index in [0.717, 1.165) is 23.0 Å². The van der Waals surface area contributed by atoms with Crippen molar-refractivity contribution in [3.63, 3.8) is 0 Å². The molecule has 27 heavy (non-hydrogen) atoms.